The van der Waals surface area contributed by atoms with Crippen LogP contribution in [0.3, 0.4) is 0 Å². The summed E-state index contributed by atoms with van der Waals surface area (Å²) in [5.74, 6) is 0.175. The smallest absolute Gasteiger partial charge is 0.338 e. The summed E-state index contributed by atoms with van der Waals surface area (Å²) in [7, 11) is 3.90. The molecule has 9 nitrogen and oxygen atoms in total. The van der Waals surface area contributed by atoms with Crippen LogP contribution in [0, 0.1) is 0 Å². The Bertz CT molecular complexity index is 1260. The summed E-state index contributed by atoms with van der Waals surface area (Å²) in [6.07, 6.45) is 4.35. The molecule has 2 aromatic carbocycles. The minimum absolute atomic E-state index is 0. The normalized spacial score (nSPS) is 10.3. The molecular weight excluding hydrogens is 625 g/mol. The predicted octanol–water partition coefficient (Wildman–Crippen LogP) is 6.95. The van der Waals surface area contributed by atoms with Crippen LogP contribution in [0.5, 0.6) is 5.88 Å². The molecule has 1 heterocycles. The fraction of sp³-hybridized carbons (Fsp3) is 0.514. The number of nitrogens with one attached hydrogen (secondary N) is 2. The van der Waals surface area contributed by atoms with Crippen LogP contribution in [0.4, 0.5) is 5.69 Å². The molecule has 0 aliphatic rings. The Kier molecular flexibility index (Phi) is 23.3. The number of ether oxygens (including phenoxy) is 2. The maximum atomic E-state index is 12.7. The molecule has 0 bridgehead atoms. The number of rotatable bonds is 18. The van der Waals surface area contributed by atoms with Gasteiger partial charge in [0, 0.05) is 43.3 Å². The molecule has 0 saturated carbocycles. The number of aromatic nitrogens is 1. The minimum Gasteiger partial charge on any atom is -0.478 e. The van der Waals surface area contributed by atoms with Gasteiger partial charge in [-0.25, -0.2) is 9.78 Å². The van der Waals surface area contributed by atoms with E-state index in [0.717, 1.165) is 68.6 Å². The van der Waals surface area contributed by atoms with Crippen molar-refractivity contribution in [3.63, 3.8) is 0 Å². The van der Waals surface area contributed by atoms with Crippen molar-refractivity contribution in [3.05, 3.63) is 65.7 Å². The van der Waals surface area contributed by atoms with Gasteiger partial charge < -0.3 is 29.9 Å². The van der Waals surface area contributed by atoms with Crippen LogP contribution in [-0.2, 0) is 4.74 Å². The minimum atomic E-state index is -0.262. The first-order valence-electron chi connectivity index (χ1n) is 16.0. The highest BCUT2D eigenvalue weighted by Gasteiger charge is 2.14. The molecule has 0 unspecified atom stereocenters. The Morgan fingerprint density at radius 2 is 1.50 bits per heavy atom. The highest BCUT2D eigenvalue weighted by atomic mass is 35.5. The number of hydrogen-bond donors (Lipinski definition) is 2. The van der Waals surface area contributed by atoms with E-state index in [1.807, 2.05) is 55.4 Å². The average Bonchev–Trinajstić information content (AvgIpc) is 3.03. The molecule has 258 valence electrons. The number of halogens is 2. The molecule has 0 atom stereocenters. The maximum absolute atomic E-state index is 12.7. The molecule has 11 heteroatoms. The Labute approximate surface area is 288 Å². The first-order chi connectivity index (χ1) is 21.3. The van der Waals surface area contributed by atoms with Gasteiger partial charge in [-0.15, -0.1) is 24.8 Å². The molecule has 3 aromatic rings. The molecule has 0 aliphatic heterocycles. The summed E-state index contributed by atoms with van der Waals surface area (Å²) < 4.78 is 10.9. The van der Waals surface area contributed by atoms with Crippen LogP contribution in [0.1, 0.15) is 74.1 Å². The van der Waals surface area contributed by atoms with Gasteiger partial charge in [0.15, 0.2) is 0 Å². The number of anilines is 1. The van der Waals surface area contributed by atoms with Gasteiger partial charge in [0.05, 0.1) is 23.3 Å². The SMILES string of the molecule is CCCCNc1ccc(C(=O)OCCN(C)C)cc1.CCCCOc1cc(C(=O)NCCN(CC)CC)c2ccccc2n1.Cl.Cl. The summed E-state index contributed by atoms with van der Waals surface area (Å²) in [6.45, 7) is 14.7. The quantitative estimate of drug-likeness (QED) is 0.110. The molecule has 1 aromatic heterocycles. The Hall–Kier alpha value is -3.11. The molecule has 46 heavy (non-hydrogen) atoms. The van der Waals surface area contributed by atoms with E-state index >= 15 is 0 Å². The molecule has 0 fully saturated rings. The molecule has 0 spiro atoms. The van der Waals surface area contributed by atoms with E-state index in [9.17, 15) is 9.59 Å². The van der Waals surface area contributed by atoms with Crippen LogP contribution in [0.2, 0.25) is 0 Å². The van der Waals surface area contributed by atoms with Crippen LogP contribution < -0.4 is 15.4 Å². The lowest BCUT2D eigenvalue weighted by atomic mass is 10.1. The third-order valence-electron chi connectivity index (χ3n) is 7.04. The molecule has 0 aliphatic carbocycles. The van der Waals surface area contributed by atoms with Crippen LogP contribution in [0.25, 0.3) is 10.9 Å². The number of esters is 1. The van der Waals surface area contributed by atoms with Crippen molar-refractivity contribution in [2.24, 2.45) is 0 Å². The second-order valence-corrected chi connectivity index (χ2v) is 10.8. The van der Waals surface area contributed by atoms with Gasteiger partial charge in [-0.1, -0.05) is 58.7 Å². The van der Waals surface area contributed by atoms with E-state index in [2.05, 4.69) is 48.2 Å². The fourth-order valence-electron chi connectivity index (χ4n) is 4.23. The molecule has 1 amide bonds. The summed E-state index contributed by atoms with van der Waals surface area (Å²) >= 11 is 0. The van der Waals surface area contributed by atoms with Gasteiger partial charge in [0.1, 0.15) is 6.61 Å². The molecular formula is C35H55Cl2N5O4. The van der Waals surface area contributed by atoms with Crippen molar-refractivity contribution in [2.75, 3.05) is 71.9 Å². The number of unbranched alkanes of at least 4 members (excludes halogenated alkanes) is 2. The van der Waals surface area contributed by atoms with Crippen LogP contribution >= 0.6 is 24.8 Å². The lowest BCUT2D eigenvalue weighted by Gasteiger charge is -2.18. The highest BCUT2D eigenvalue weighted by Crippen LogP contribution is 2.22. The van der Waals surface area contributed by atoms with E-state index in [1.54, 1.807) is 18.2 Å². The number of fused-ring (bicyclic) bond motifs is 1. The van der Waals surface area contributed by atoms with Crippen molar-refractivity contribution < 1.29 is 19.1 Å². The lowest BCUT2D eigenvalue weighted by Crippen LogP contribution is -2.34. The number of likely N-dealkylation sites (N-methyl/N-ethyl adjacent to an activating group) is 2. The standard InChI is InChI=1S/C20H29N3O2.C15H24N2O2.2ClH/c1-4-7-14-25-19-15-17(16-10-8-9-11-18(16)22-19)20(24)21-12-13-23(5-2)6-3;1-4-5-10-16-14-8-6-13(7-9-14)15(18)19-12-11-17(2)3;;/h8-11,15H,4-7,12-14H2,1-3H3,(H,21,24);6-9,16H,4-5,10-12H2,1-3H3;2*1H. The van der Waals surface area contributed by atoms with Crippen molar-refractivity contribution in [1.29, 1.82) is 0 Å². The zero-order valence-electron chi connectivity index (χ0n) is 28.5. The fourth-order valence-corrected chi connectivity index (χ4v) is 4.23. The largest absolute Gasteiger partial charge is 0.478 e. The van der Waals surface area contributed by atoms with Gasteiger partial charge in [-0.2, -0.15) is 0 Å². The first-order valence-corrected chi connectivity index (χ1v) is 16.0. The van der Waals surface area contributed by atoms with E-state index in [0.29, 0.717) is 36.8 Å². The third-order valence-corrected chi connectivity index (χ3v) is 7.04. The Balaban J connectivity index is 0.000000874. The summed E-state index contributed by atoms with van der Waals surface area (Å²) in [5, 5.41) is 7.18. The first kappa shape index (κ1) is 42.9. The molecule has 0 saturated heterocycles. The van der Waals surface area contributed by atoms with Crippen molar-refractivity contribution >= 4 is 53.3 Å². The number of nitrogens with zero attached hydrogens (tertiary/aromatic N) is 3. The zero-order chi connectivity index (χ0) is 32.2. The predicted molar refractivity (Wildman–Crippen MR) is 195 cm³/mol. The number of pyridine rings is 1. The number of carbonyl (C=O) groups excluding carboxylic acids is 2. The van der Waals surface area contributed by atoms with Crippen molar-refractivity contribution in [2.45, 2.75) is 53.4 Å². The van der Waals surface area contributed by atoms with Gasteiger partial charge >= 0.3 is 5.97 Å². The number of amides is 1. The Morgan fingerprint density at radius 1 is 0.826 bits per heavy atom. The van der Waals surface area contributed by atoms with E-state index in [1.165, 1.54) is 6.42 Å². The number of benzene rings is 2. The van der Waals surface area contributed by atoms with Crippen molar-refractivity contribution in [1.82, 2.24) is 20.1 Å². The topological polar surface area (TPSA) is 96.0 Å². The maximum Gasteiger partial charge on any atom is 0.338 e. The van der Waals surface area contributed by atoms with Crippen LogP contribution in [0.15, 0.2) is 54.6 Å². The molecule has 3 rings (SSSR count). The Morgan fingerprint density at radius 3 is 2.13 bits per heavy atom. The van der Waals surface area contributed by atoms with Gasteiger partial charge in [0.25, 0.3) is 5.91 Å². The summed E-state index contributed by atoms with van der Waals surface area (Å²) in [5.41, 5.74) is 3.04. The number of hydrogen-bond acceptors (Lipinski definition) is 8. The lowest BCUT2D eigenvalue weighted by molar-refractivity contribution is 0.0481. The third kappa shape index (κ3) is 15.9. The van der Waals surface area contributed by atoms with E-state index < -0.39 is 0 Å². The van der Waals surface area contributed by atoms with Gasteiger partial charge in [-0.3, -0.25) is 4.79 Å². The molecule has 0 radical (unpaired) electrons. The number of carbonyl (C=O) groups is 2. The average molecular weight is 681 g/mol. The zero-order valence-corrected chi connectivity index (χ0v) is 30.1. The van der Waals surface area contributed by atoms with Gasteiger partial charge in [-0.05, 0) is 70.4 Å². The summed E-state index contributed by atoms with van der Waals surface area (Å²) in [6, 6.07) is 16.9. The van der Waals surface area contributed by atoms with E-state index in [4.69, 9.17) is 9.47 Å². The monoisotopic (exact) mass is 679 g/mol. The van der Waals surface area contributed by atoms with Gasteiger partial charge in [0.2, 0.25) is 5.88 Å². The highest BCUT2D eigenvalue weighted by molar-refractivity contribution is 6.06. The molecule has 2 N–H and O–H groups in total. The second kappa shape index (κ2) is 25.0. The second-order valence-electron chi connectivity index (χ2n) is 10.8. The van der Waals surface area contributed by atoms with Crippen LogP contribution in [-0.4, -0.2) is 93.2 Å². The summed E-state index contributed by atoms with van der Waals surface area (Å²) in [4.78, 5) is 33.2. The number of para-hydroxylation sites is 1. The van der Waals surface area contributed by atoms with E-state index in [-0.39, 0.29) is 36.7 Å². The van der Waals surface area contributed by atoms with Crippen molar-refractivity contribution in [3.8, 4) is 5.88 Å².